The highest BCUT2D eigenvalue weighted by molar-refractivity contribution is 6.24. The van der Waals surface area contributed by atoms with Crippen molar-refractivity contribution in [2.75, 3.05) is 0 Å². The average molecular weight is 765 g/mol. The molecular formula is C54H32N6. The van der Waals surface area contributed by atoms with E-state index in [0.717, 1.165) is 111 Å². The molecule has 0 atom stereocenters. The molecule has 0 N–H and O–H groups in total. The van der Waals surface area contributed by atoms with E-state index in [9.17, 15) is 0 Å². The standard InChI is InChI=1S/C54H32N6/c1-3-15-35-31-37(27-25-33(35)13-1)49-53(57-45-21-9-7-19-43(45)55-49)59-47-23-11-5-17-39(47)41-29-30-42-40-18-6-12-24-48(40)60(52(42)51(41)59)54-50(56-44-20-8-10-22-46(44)58-54)38-28-26-34-14-2-4-16-36(34)32-38/h1-32H. The van der Waals surface area contributed by atoms with Crippen LogP contribution >= 0.6 is 0 Å². The van der Waals surface area contributed by atoms with Crippen molar-refractivity contribution in [3.63, 3.8) is 0 Å². The molecular weight excluding hydrogens is 733 g/mol. The molecule has 4 aromatic heterocycles. The van der Waals surface area contributed by atoms with E-state index in [1.54, 1.807) is 0 Å². The Morgan fingerprint density at radius 2 is 0.650 bits per heavy atom. The molecule has 0 amide bonds. The van der Waals surface area contributed by atoms with Gasteiger partial charge in [0, 0.05) is 32.7 Å². The van der Waals surface area contributed by atoms with Crippen molar-refractivity contribution < 1.29 is 0 Å². The van der Waals surface area contributed by atoms with Crippen molar-refractivity contribution >= 4 is 87.2 Å². The normalized spacial score (nSPS) is 12.0. The summed E-state index contributed by atoms with van der Waals surface area (Å²) in [6.45, 7) is 0. The van der Waals surface area contributed by atoms with E-state index in [1.165, 1.54) is 10.8 Å². The van der Waals surface area contributed by atoms with Crippen molar-refractivity contribution in [2.24, 2.45) is 0 Å². The van der Waals surface area contributed by atoms with Gasteiger partial charge in [-0.25, -0.2) is 19.9 Å². The Morgan fingerprint density at radius 3 is 1.10 bits per heavy atom. The summed E-state index contributed by atoms with van der Waals surface area (Å²) >= 11 is 0. The molecule has 0 fully saturated rings. The summed E-state index contributed by atoms with van der Waals surface area (Å²) in [5, 5.41) is 9.14. The molecule has 13 aromatic rings. The van der Waals surface area contributed by atoms with Gasteiger partial charge < -0.3 is 0 Å². The molecule has 60 heavy (non-hydrogen) atoms. The molecule has 0 aliphatic heterocycles. The first-order chi connectivity index (χ1) is 29.7. The lowest BCUT2D eigenvalue weighted by molar-refractivity contribution is 1.06. The zero-order valence-electron chi connectivity index (χ0n) is 32.2. The molecule has 0 spiro atoms. The Bertz CT molecular complexity index is 3660. The minimum Gasteiger partial charge on any atom is -0.290 e. The zero-order chi connectivity index (χ0) is 39.3. The smallest absolute Gasteiger partial charge is 0.165 e. The number of aromatic nitrogens is 6. The lowest BCUT2D eigenvalue weighted by Gasteiger charge is -2.17. The highest BCUT2D eigenvalue weighted by atomic mass is 15.1. The molecule has 9 aromatic carbocycles. The maximum Gasteiger partial charge on any atom is 0.165 e. The lowest BCUT2D eigenvalue weighted by Crippen LogP contribution is -2.07. The Kier molecular flexibility index (Phi) is 6.91. The number of nitrogens with zero attached hydrogens (tertiary/aromatic N) is 6. The van der Waals surface area contributed by atoms with Crippen LogP contribution in [0.3, 0.4) is 0 Å². The van der Waals surface area contributed by atoms with Gasteiger partial charge in [-0.05, 0) is 70.1 Å². The number of rotatable bonds is 4. The summed E-state index contributed by atoms with van der Waals surface area (Å²) in [6, 6.07) is 68.3. The second-order valence-corrected chi connectivity index (χ2v) is 15.5. The first-order valence-electron chi connectivity index (χ1n) is 20.2. The first-order valence-corrected chi connectivity index (χ1v) is 20.2. The third kappa shape index (κ3) is 4.82. The predicted molar refractivity (Wildman–Crippen MR) is 247 cm³/mol. The molecule has 0 unspecified atom stereocenters. The van der Waals surface area contributed by atoms with Gasteiger partial charge in [0.2, 0.25) is 0 Å². The Balaban J connectivity index is 1.22. The molecule has 6 nitrogen and oxygen atoms in total. The summed E-state index contributed by atoms with van der Waals surface area (Å²) in [6.07, 6.45) is 0. The van der Waals surface area contributed by atoms with E-state index >= 15 is 0 Å². The fraction of sp³-hybridized carbons (Fsp3) is 0. The van der Waals surface area contributed by atoms with Crippen LogP contribution in [0.2, 0.25) is 0 Å². The van der Waals surface area contributed by atoms with Gasteiger partial charge in [0.05, 0.1) is 44.1 Å². The van der Waals surface area contributed by atoms with Gasteiger partial charge in [0.15, 0.2) is 11.6 Å². The molecule has 0 radical (unpaired) electrons. The summed E-state index contributed by atoms with van der Waals surface area (Å²) in [4.78, 5) is 21.9. The number of para-hydroxylation sites is 6. The Labute approximate surface area is 343 Å². The van der Waals surface area contributed by atoms with Crippen molar-refractivity contribution in [2.45, 2.75) is 0 Å². The summed E-state index contributed by atoms with van der Waals surface area (Å²) in [7, 11) is 0. The van der Waals surface area contributed by atoms with Gasteiger partial charge in [-0.1, -0.05) is 146 Å². The molecule has 0 saturated heterocycles. The molecule has 278 valence electrons. The molecule has 13 rings (SSSR count). The molecule has 6 heteroatoms. The van der Waals surface area contributed by atoms with Crippen molar-refractivity contribution in [3.05, 3.63) is 194 Å². The van der Waals surface area contributed by atoms with Crippen LogP contribution in [0.5, 0.6) is 0 Å². The largest absolute Gasteiger partial charge is 0.290 e. The average Bonchev–Trinajstić information content (AvgIpc) is 3.83. The van der Waals surface area contributed by atoms with Crippen LogP contribution in [0.1, 0.15) is 0 Å². The quantitative estimate of drug-likeness (QED) is 0.179. The lowest BCUT2D eigenvalue weighted by atomic mass is 10.0. The summed E-state index contributed by atoms with van der Waals surface area (Å²) < 4.78 is 4.69. The van der Waals surface area contributed by atoms with Crippen LogP contribution in [-0.4, -0.2) is 29.1 Å². The van der Waals surface area contributed by atoms with E-state index in [1.807, 2.05) is 36.4 Å². The molecule has 0 saturated carbocycles. The highest BCUT2D eigenvalue weighted by Crippen LogP contribution is 2.44. The number of fused-ring (bicyclic) bond motifs is 11. The van der Waals surface area contributed by atoms with Gasteiger partial charge in [-0.15, -0.1) is 0 Å². The second kappa shape index (κ2) is 12.6. The van der Waals surface area contributed by atoms with E-state index in [-0.39, 0.29) is 0 Å². The third-order valence-electron chi connectivity index (χ3n) is 12.0. The van der Waals surface area contributed by atoms with E-state index in [4.69, 9.17) is 19.9 Å². The van der Waals surface area contributed by atoms with Crippen LogP contribution in [0.15, 0.2) is 194 Å². The zero-order valence-corrected chi connectivity index (χ0v) is 32.2. The third-order valence-corrected chi connectivity index (χ3v) is 12.0. The summed E-state index contributed by atoms with van der Waals surface area (Å²) in [5.41, 5.74) is 11.1. The molecule has 0 aliphatic carbocycles. The van der Waals surface area contributed by atoms with Gasteiger partial charge in [0.1, 0.15) is 11.4 Å². The summed E-state index contributed by atoms with van der Waals surface area (Å²) in [5.74, 6) is 1.53. The number of benzene rings is 9. The first kappa shape index (κ1) is 32.8. The second-order valence-electron chi connectivity index (χ2n) is 15.5. The minimum absolute atomic E-state index is 0.763. The SMILES string of the molecule is c1ccc2cc(-c3nc4ccccc4nc3-n3c4ccccc4c4ccc5c6ccccc6n(-c6nc7ccccc7nc6-c6ccc7ccccc7c6)c5c43)ccc2c1. The molecule has 0 bridgehead atoms. The van der Waals surface area contributed by atoms with Crippen molar-refractivity contribution in [1.82, 2.24) is 29.1 Å². The maximum absolute atomic E-state index is 5.54. The highest BCUT2D eigenvalue weighted by Gasteiger charge is 2.26. The van der Waals surface area contributed by atoms with E-state index in [0.29, 0.717) is 0 Å². The van der Waals surface area contributed by atoms with Gasteiger partial charge in [-0.2, -0.15) is 0 Å². The monoisotopic (exact) mass is 764 g/mol. The van der Waals surface area contributed by atoms with Crippen LogP contribution < -0.4 is 0 Å². The van der Waals surface area contributed by atoms with Gasteiger partial charge in [-0.3, -0.25) is 9.13 Å². The van der Waals surface area contributed by atoms with Crippen LogP contribution in [-0.2, 0) is 0 Å². The van der Waals surface area contributed by atoms with E-state index < -0.39 is 0 Å². The number of hydrogen-bond donors (Lipinski definition) is 0. The van der Waals surface area contributed by atoms with Crippen molar-refractivity contribution in [1.29, 1.82) is 0 Å². The van der Waals surface area contributed by atoms with Gasteiger partial charge in [0.25, 0.3) is 0 Å². The van der Waals surface area contributed by atoms with E-state index in [2.05, 4.69) is 167 Å². The fourth-order valence-electron chi connectivity index (χ4n) is 9.29. The number of hydrogen-bond acceptors (Lipinski definition) is 4. The van der Waals surface area contributed by atoms with Crippen LogP contribution in [0, 0.1) is 0 Å². The Morgan fingerprint density at radius 1 is 0.283 bits per heavy atom. The van der Waals surface area contributed by atoms with Crippen molar-refractivity contribution in [3.8, 4) is 34.2 Å². The molecule has 0 aliphatic rings. The fourth-order valence-corrected chi connectivity index (χ4v) is 9.29. The topological polar surface area (TPSA) is 61.4 Å². The maximum atomic E-state index is 5.54. The Hall–Kier alpha value is -8.22. The van der Waals surface area contributed by atoms with Crippen LogP contribution in [0.4, 0.5) is 0 Å². The molecule has 4 heterocycles. The van der Waals surface area contributed by atoms with Crippen LogP contribution in [0.25, 0.3) is 121 Å². The predicted octanol–water partition coefficient (Wildman–Crippen LogP) is 13.4. The minimum atomic E-state index is 0.763. The van der Waals surface area contributed by atoms with Gasteiger partial charge >= 0.3 is 0 Å².